The summed E-state index contributed by atoms with van der Waals surface area (Å²) < 4.78 is 5.37. The van der Waals surface area contributed by atoms with Crippen molar-refractivity contribution in [2.45, 2.75) is 32.2 Å². The van der Waals surface area contributed by atoms with Crippen LogP contribution in [0.3, 0.4) is 0 Å². The summed E-state index contributed by atoms with van der Waals surface area (Å²) in [5.74, 6) is -1.07. The number of carboxylic acids is 1. The summed E-state index contributed by atoms with van der Waals surface area (Å²) in [6, 6.07) is 1.95. The summed E-state index contributed by atoms with van der Waals surface area (Å²) in [6.45, 7) is 3.88. The zero-order chi connectivity index (χ0) is 15.5. The van der Waals surface area contributed by atoms with Crippen LogP contribution in [0.25, 0.3) is 0 Å². The van der Waals surface area contributed by atoms with Crippen molar-refractivity contribution >= 4 is 23.3 Å². The first-order chi connectivity index (χ1) is 10.1. The highest BCUT2D eigenvalue weighted by Crippen LogP contribution is 2.18. The fourth-order valence-electron chi connectivity index (χ4n) is 1.62. The van der Waals surface area contributed by atoms with Crippen LogP contribution in [-0.4, -0.2) is 36.9 Å². The van der Waals surface area contributed by atoms with Crippen LogP contribution in [0.1, 0.15) is 37.1 Å². The molecule has 0 radical (unpaired) electrons. The number of urea groups is 1. The Bertz CT molecular complexity index is 423. The first kappa shape index (κ1) is 17.5. The van der Waals surface area contributed by atoms with Crippen LogP contribution in [-0.2, 0) is 9.53 Å². The Labute approximate surface area is 128 Å². The number of hydrogen-bond donors (Lipinski definition) is 3. The van der Waals surface area contributed by atoms with Crippen LogP contribution >= 0.6 is 11.3 Å². The smallest absolute Gasteiger partial charge is 0.331 e. The average molecular weight is 314 g/mol. The van der Waals surface area contributed by atoms with Gasteiger partial charge in [0.25, 0.3) is 0 Å². The number of amides is 2. The third-order valence-corrected chi connectivity index (χ3v) is 3.68. The van der Waals surface area contributed by atoms with Crippen LogP contribution in [0, 0.1) is 0 Å². The summed E-state index contributed by atoms with van der Waals surface area (Å²) >= 11 is 1.30. The Morgan fingerprint density at radius 1 is 1.38 bits per heavy atom. The zero-order valence-electron chi connectivity index (χ0n) is 12.1. The van der Waals surface area contributed by atoms with Gasteiger partial charge in [0.05, 0.1) is 0 Å². The highest BCUT2D eigenvalue weighted by Gasteiger charge is 2.22. The summed E-state index contributed by atoms with van der Waals surface area (Å²) in [5.41, 5.74) is 0. The number of unbranched alkanes of at least 4 members (excludes halogenated alkanes) is 1. The second-order valence-electron chi connectivity index (χ2n) is 4.51. The van der Waals surface area contributed by atoms with Crippen molar-refractivity contribution in [3.63, 3.8) is 0 Å². The maximum absolute atomic E-state index is 11.7. The summed E-state index contributed by atoms with van der Waals surface area (Å²) in [7, 11) is 0. The van der Waals surface area contributed by atoms with E-state index < -0.39 is 18.0 Å². The molecule has 3 N–H and O–H groups in total. The maximum atomic E-state index is 11.7. The number of carbonyl (C=O) groups is 2. The molecule has 0 fully saturated rings. The molecule has 1 rings (SSSR count). The van der Waals surface area contributed by atoms with Crippen LogP contribution in [0.5, 0.6) is 0 Å². The van der Waals surface area contributed by atoms with E-state index in [9.17, 15) is 9.59 Å². The summed E-state index contributed by atoms with van der Waals surface area (Å²) in [5, 5.41) is 16.0. The van der Waals surface area contributed by atoms with Crippen LogP contribution in [0.2, 0.25) is 0 Å². The Balaban J connectivity index is 2.21. The molecule has 6 nitrogen and oxygen atoms in total. The van der Waals surface area contributed by atoms with Crippen molar-refractivity contribution in [1.29, 1.82) is 0 Å². The van der Waals surface area contributed by atoms with E-state index in [2.05, 4.69) is 17.6 Å². The van der Waals surface area contributed by atoms with Gasteiger partial charge in [0, 0.05) is 24.6 Å². The Hall–Kier alpha value is -1.60. The molecule has 0 spiro atoms. The molecule has 1 unspecified atom stereocenters. The van der Waals surface area contributed by atoms with Crippen molar-refractivity contribution in [1.82, 2.24) is 10.6 Å². The molecule has 0 aliphatic rings. The monoisotopic (exact) mass is 314 g/mol. The lowest BCUT2D eigenvalue weighted by molar-refractivity contribution is -0.139. The zero-order valence-corrected chi connectivity index (χ0v) is 12.9. The van der Waals surface area contributed by atoms with E-state index in [1.54, 1.807) is 17.5 Å². The number of carboxylic acid groups (broad SMARTS) is 1. The van der Waals surface area contributed by atoms with Gasteiger partial charge in [0.15, 0.2) is 6.04 Å². The summed E-state index contributed by atoms with van der Waals surface area (Å²) in [4.78, 5) is 23.4. The molecule has 0 aromatic carbocycles. The molecule has 7 heteroatoms. The van der Waals surface area contributed by atoms with Gasteiger partial charge in [-0.1, -0.05) is 19.4 Å². The first-order valence-electron chi connectivity index (χ1n) is 7.03. The number of rotatable bonds is 10. The molecule has 0 aliphatic carbocycles. The molecule has 0 bridgehead atoms. The topological polar surface area (TPSA) is 87.7 Å². The Morgan fingerprint density at radius 2 is 2.14 bits per heavy atom. The van der Waals surface area contributed by atoms with Crippen molar-refractivity contribution in [2.75, 3.05) is 19.8 Å². The Kier molecular flexibility index (Phi) is 8.45. The quantitative estimate of drug-likeness (QED) is 0.579. The van der Waals surface area contributed by atoms with Gasteiger partial charge in [-0.15, -0.1) is 11.3 Å². The normalized spacial score (nSPS) is 11.9. The average Bonchev–Trinajstić information content (AvgIpc) is 2.97. The van der Waals surface area contributed by atoms with E-state index in [1.807, 2.05) is 0 Å². The van der Waals surface area contributed by atoms with Gasteiger partial charge in [0.2, 0.25) is 0 Å². The fraction of sp³-hybridized carbons (Fsp3) is 0.571. The highest BCUT2D eigenvalue weighted by molar-refractivity contribution is 7.10. The van der Waals surface area contributed by atoms with Crippen LogP contribution < -0.4 is 10.6 Å². The number of hydrogen-bond acceptors (Lipinski definition) is 4. The lowest BCUT2D eigenvalue weighted by atomic mass is 10.2. The van der Waals surface area contributed by atoms with E-state index in [0.717, 1.165) is 19.4 Å². The van der Waals surface area contributed by atoms with Gasteiger partial charge in [0.1, 0.15) is 0 Å². The number of ether oxygens (including phenoxy) is 1. The molecule has 0 aliphatic heterocycles. The molecule has 0 saturated heterocycles. The van der Waals surface area contributed by atoms with Gasteiger partial charge in [-0.25, -0.2) is 9.59 Å². The van der Waals surface area contributed by atoms with E-state index in [0.29, 0.717) is 24.4 Å². The molecular formula is C14H22N2O4S. The molecular weight excluding hydrogens is 292 g/mol. The molecule has 21 heavy (non-hydrogen) atoms. The number of aliphatic carboxylic acids is 1. The molecule has 1 heterocycles. The second-order valence-corrected chi connectivity index (χ2v) is 5.49. The van der Waals surface area contributed by atoms with Crippen LogP contribution in [0.4, 0.5) is 4.79 Å². The first-order valence-corrected chi connectivity index (χ1v) is 7.91. The second kappa shape index (κ2) is 10.2. The van der Waals surface area contributed by atoms with Gasteiger partial charge >= 0.3 is 12.0 Å². The van der Waals surface area contributed by atoms with E-state index in [4.69, 9.17) is 9.84 Å². The minimum absolute atomic E-state index is 0.453. The van der Waals surface area contributed by atoms with Gasteiger partial charge in [-0.2, -0.15) is 0 Å². The van der Waals surface area contributed by atoms with Crippen molar-refractivity contribution < 1.29 is 19.4 Å². The number of thiophene rings is 1. The Morgan fingerprint density at radius 3 is 2.76 bits per heavy atom. The summed E-state index contributed by atoms with van der Waals surface area (Å²) in [6.07, 6.45) is 2.84. The minimum Gasteiger partial charge on any atom is -0.479 e. The van der Waals surface area contributed by atoms with Gasteiger partial charge < -0.3 is 20.5 Å². The van der Waals surface area contributed by atoms with Crippen molar-refractivity contribution in [3.05, 3.63) is 22.4 Å². The molecule has 0 saturated carbocycles. The molecule has 2 amide bonds. The molecule has 1 aromatic rings. The lowest BCUT2D eigenvalue weighted by Gasteiger charge is -2.13. The predicted octanol–water partition coefficient (Wildman–Crippen LogP) is 2.38. The predicted molar refractivity (Wildman–Crippen MR) is 81.6 cm³/mol. The van der Waals surface area contributed by atoms with E-state index in [1.165, 1.54) is 11.3 Å². The highest BCUT2D eigenvalue weighted by atomic mass is 32.1. The third-order valence-electron chi connectivity index (χ3n) is 2.74. The van der Waals surface area contributed by atoms with Gasteiger partial charge in [-0.05, 0) is 24.3 Å². The SMILES string of the molecule is CCCCOCCCNC(=O)NC(C(=O)O)c1cccs1. The third kappa shape index (κ3) is 7.10. The van der Waals surface area contributed by atoms with Crippen molar-refractivity contribution in [3.8, 4) is 0 Å². The molecule has 1 aromatic heterocycles. The van der Waals surface area contributed by atoms with E-state index >= 15 is 0 Å². The molecule has 1 atom stereocenters. The lowest BCUT2D eigenvalue weighted by Crippen LogP contribution is -2.41. The fourth-order valence-corrected chi connectivity index (χ4v) is 2.38. The number of carbonyl (C=O) groups excluding carboxylic acids is 1. The minimum atomic E-state index is -1.07. The standard InChI is InChI=1S/C14H22N2O4S/c1-2-3-8-20-9-5-7-15-14(19)16-12(13(17)18)11-6-4-10-21-11/h4,6,10,12H,2-3,5,7-9H2,1H3,(H,17,18)(H2,15,16,19). The molecule has 118 valence electrons. The van der Waals surface area contributed by atoms with E-state index in [-0.39, 0.29) is 0 Å². The van der Waals surface area contributed by atoms with Crippen molar-refractivity contribution in [2.24, 2.45) is 0 Å². The number of nitrogens with one attached hydrogen (secondary N) is 2. The largest absolute Gasteiger partial charge is 0.479 e. The van der Waals surface area contributed by atoms with Crippen LogP contribution in [0.15, 0.2) is 17.5 Å². The van der Waals surface area contributed by atoms with Gasteiger partial charge in [-0.3, -0.25) is 0 Å². The maximum Gasteiger partial charge on any atom is 0.331 e.